The average molecular weight is 292 g/mol. The summed E-state index contributed by atoms with van der Waals surface area (Å²) >= 11 is 0. The fraction of sp³-hybridized carbons (Fsp3) is 0.467. The van der Waals surface area contributed by atoms with Gasteiger partial charge in [0.25, 0.3) is 0 Å². The van der Waals surface area contributed by atoms with Crippen molar-refractivity contribution in [1.82, 2.24) is 5.32 Å². The molecule has 6 nitrogen and oxygen atoms in total. The van der Waals surface area contributed by atoms with E-state index in [1.54, 1.807) is 26.8 Å². The largest absolute Gasteiger partial charge is 0.481 e. The predicted molar refractivity (Wildman–Crippen MR) is 78.2 cm³/mol. The number of carboxylic acids is 1. The lowest BCUT2D eigenvalue weighted by atomic mass is 9.88. The monoisotopic (exact) mass is 292 g/mol. The maximum Gasteiger partial charge on any atom is 0.408 e. The van der Waals surface area contributed by atoms with Gasteiger partial charge in [-0.25, -0.2) is 4.79 Å². The van der Waals surface area contributed by atoms with Crippen molar-refractivity contribution >= 4 is 17.7 Å². The third-order valence-corrected chi connectivity index (χ3v) is 3.20. The SMILES string of the molecule is CC(C)(C)OC(=O)NC1c2ccccc2NCC1C(=O)O. The summed E-state index contributed by atoms with van der Waals surface area (Å²) in [6, 6.07) is 6.72. The summed E-state index contributed by atoms with van der Waals surface area (Å²) in [5.41, 5.74) is 0.952. The van der Waals surface area contributed by atoms with Crippen LogP contribution in [0.1, 0.15) is 32.4 Å². The molecule has 0 fully saturated rings. The normalized spacial score (nSPS) is 20.9. The van der Waals surface area contributed by atoms with Crippen molar-refractivity contribution < 1.29 is 19.4 Å². The van der Waals surface area contributed by atoms with E-state index in [1.807, 2.05) is 18.2 Å². The van der Waals surface area contributed by atoms with Crippen LogP contribution in [0.3, 0.4) is 0 Å². The summed E-state index contributed by atoms with van der Waals surface area (Å²) in [6.07, 6.45) is -0.615. The quantitative estimate of drug-likeness (QED) is 0.779. The van der Waals surface area contributed by atoms with E-state index in [-0.39, 0.29) is 6.54 Å². The Morgan fingerprint density at radius 1 is 1.33 bits per heavy atom. The topological polar surface area (TPSA) is 87.7 Å². The number of alkyl carbamates (subject to hydrolysis) is 1. The molecule has 1 amide bonds. The minimum atomic E-state index is -0.960. The zero-order valence-electron chi connectivity index (χ0n) is 12.3. The number of carboxylic acid groups (broad SMARTS) is 1. The Bertz CT molecular complexity index is 551. The first-order valence-electron chi connectivity index (χ1n) is 6.83. The zero-order chi connectivity index (χ0) is 15.6. The minimum Gasteiger partial charge on any atom is -0.481 e. The van der Waals surface area contributed by atoms with Crippen LogP contribution < -0.4 is 10.6 Å². The molecule has 2 atom stereocenters. The standard InChI is InChI=1S/C15H20N2O4/c1-15(2,3)21-14(20)17-12-9-6-4-5-7-11(9)16-8-10(12)13(18)19/h4-7,10,12,16H,8H2,1-3H3,(H,17,20)(H,18,19). The smallest absolute Gasteiger partial charge is 0.408 e. The molecule has 3 N–H and O–H groups in total. The van der Waals surface area contributed by atoms with Gasteiger partial charge in [0, 0.05) is 12.2 Å². The van der Waals surface area contributed by atoms with Crippen molar-refractivity contribution in [3.05, 3.63) is 29.8 Å². The molecule has 0 bridgehead atoms. The van der Waals surface area contributed by atoms with E-state index in [1.165, 1.54) is 0 Å². The van der Waals surface area contributed by atoms with Crippen LogP contribution in [0.5, 0.6) is 0 Å². The first-order chi connectivity index (χ1) is 9.78. The lowest BCUT2D eigenvalue weighted by molar-refractivity contribution is -0.142. The molecule has 0 saturated heterocycles. The Balaban J connectivity index is 2.24. The van der Waals surface area contributed by atoms with E-state index >= 15 is 0 Å². The number of rotatable bonds is 2. The van der Waals surface area contributed by atoms with Crippen LogP contribution in [-0.4, -0.2) is 29.3 Å². The number of aliphatic carboxylic acids is 1. The van der Waals surface area contributed by atoms with E-state index in [4.69, 9.17) is 4.74 Å². The number of hydrogen-bond donors (Lipinski definition) is 3. The Hall–Kier alpha value is -2.24. The van der Waals surface area contributed by atoms with Gasteiger partial charge >= 0.3 is 12.1 Å². The Kier molecular flexibility index (Phi) is 4.06. The van der Waals surface area contributed by atoms with Crippen LogP contribution in [0.2, 0.25) is 0 Å². The lowest BCUT2D eigenvalue weighted by Crippen LogP contribution is -2.44. The number of hydrogen-bond acceptors (Lipinski definition) is 4. The van der Waals surface area contributed by atoms with Crippen LogP contribution in [0.25, 0.3) is 0 Å². The van der Waals surface area contributed by atoms with Crippen molar-refractivity contribution in [2.45, 2.75) is 32.4 Å². The zero-order valence-corrected chi connectivity index (χ0v) is 12.3. The van der Waals surface area contributed by atoms with Crippen LogP contribution in [0.15, 0.2) is 24.3 Å². The number of anilines is 1. The van der Waals surface area contributed by atoms with Gasteiger partial charge in [-0.1, -0.05) is 18.2 Å². The highest BCUT2D eigenvalue weighted by Crippen LogP contribution is 2.33. The van der Waals surface area contributed by atoms with Gasteiger partial charge in [-0.2, -0.15) is 0 Å². The maximum absolute atomic E-state index is 12.0. The van der Waals surface area contributed by atoms with Gasteiger partial charge in [0.05, 0.1) is 12.0 Å². The molecule has 0 aromatic heterocycles. The van der Waals surface area contributed by atoms with Crippen LogP contribution in [0.4, 0.5) is 10.5 Å². The van der Waals surface area contributed by atoms with Gasteiger partial charge < -0.3 is 20.5 Å². The molecule has 1 aliphatic rings. The summed E-state index contributed by atoms with van der Waals surface area (Å²) in [5.74, 6) is -1.70. The second-order valence-corrected chi connectivity index (χ2v) is 6.04. The summed E-state index contributed by atoms with van der Waals surface area (Å²) in [6.45, 7) is 5.54. The average Bonchev–Trinajstić information content (AvgIpc) is 2.36. The number of carbonyl (C=O) groups is 2. The van der Waals surface area contributed by atoms with Crippen LogP contribution >= 0.6 is 0 Å². The molecule has 1 aromatic carbocycles. The molecule has 2 unspecified atom stereocenters. The predicted octanol–water partition coefficient (Wildman–Crippen LogP) is 2.38. The fourth-order valence-corrected chi connectivity index (χ4v) is 2.33. The number of benzene rings is 1. The molecule has 21 heavy (non-hydrogen) atoms. The highest BCUT2D eigenvalue weighted by atomic mass is 16.6. The van der Waals surface area contributed by atoms with Gasteiger partial charge in [-0.15, -0.1) is 0 Å². The molecule has 1 heterocycles. The number of ether oxygens (including phenoxy) is 1. The van der Waals surface area contributed by atoms with Crippen molar-refractivity contribution in [2.75, 3.05) is 11.9 Å². The van der Waals surface area contributed by atoms with E-state index in [0.29, 0.717) is 0 Å². The highest BCUT2D eigenvalue weighted by molar-refractivity contribution is 5.77. The van der Waals surface area contributed by atoms with Crippen molar-refractivity contribution in [2.24, 2.45) is 5.92 Å². The summed E-state index contributed by atoms with van der Waals surface area (Å²) in [4.78, 5) is 23.4. The fourth-order valence-electron chi connectivity index (χ4n) is 2.33. The van der Waals surface area contributed by atoms with Gasteiger partial charge in [0.2, 0.25) is 0 Å². The first-order valence-corrected chi connectivity index (χ1v) is 6.83. The summed E-state index contributed by atoms with van der Waals surface area (Å²) in [5, 5.41) is 15.1. The summed E-state index contributed by atoms with van der Waals surface area (Å²) < 4.78 is 5.22. The molecular formula is C15H20N2O4. The Morgan fingerprint density at radius 2 is 2.00 bits per heavy atom. The second-order valence-electron chi connectivity index (χ2n) is 6.04. The van der Waals surface area contributed by atoms with Gasteiger partial charge in [0.1, 0.15) is 5.60 Å². The Morgan fingerprint density at radius 3 is 2.62 bits per heavy atom. The molecule has 0 spiro atoms. The molecule has 0 radical (unpaired) electrons. The minimum absolute atomic E-state index is 0.257. The Labute approximate surface area is 123 Å². The number of para-hydroxylation sites is 1. The number of carbonyl (C=O) groups excluding carboxylic acids is 1. The van der Waals surface area contributed by atoms with Crippen molar-refractivity contribution in [3.63, 3.8) is 0 Å². The number of fused-ring (bicyclic) bond motifs is 1. The van der Waals surface area contributed by atoms with Crippen LogP contribution in [-0.2, 0) is 9.53 Å². The number of nitrogens with one attached hydrogen (secondary N) is 2. The van der Waals surface area contributed by atoms with Gasteiger partial charge in [0.15, 0.2) is 0 Å². The third kappa shape index (κ3) is 3.65. The van der Waals surface area contributed by atoms with Crippen molar-refractivity contribution in [1.29, 1.82) is 0 Å². The molecular weight excluding hydrogens is 272 g/mol. The molecule has 1 aliphatic heterocycles. The first kappa shape index (κ1) is 15.2. The molecule has 2 rings (SSSR count). The molecule has 1 aromatic rings. The van der Waals surface area contributed by atoms with E-state index in [2.05, 4.69) is 10.6 Å². The molecule has 114 valence electrons. The lowest BCUT2D eigenvalue weighted by Gasteiger charge is -2.33. The molecule has 0 saturated carbocycles. The third-order valence-electron chi connectivity index (χ3n) is 3.20. The highest BCUT2D eigenvalue weighted by Gasteiger charge is 2.36. The maximum atomic E-state index is 12.0. The molecule has 0 aliphatic carbocycles. The van der Waals surface area contributed by atoms with Gasteiger partial charge in [-0.05, 0) is 32.4 Å². The van der Waals surface area contributed by atoms with Crippen LogP contribution in [0, 0.1) is 5.92 Å². The van der Waals surface area contributed by atoms with E-state index < -0.39 is 29.6 Å². The number of amides is 1. The van der Waals surface area contributed by atoms with Crippen molar-refractivity contribution in [3.8, 4) is 0 Å². The van der Waals surface area contributed by atoms with Gasteiger partial charge in [-0.3, -0.25) is 4.79 Å². The second kappa shape index (κ2) is 5.63. The van der Waals surface area contributed by atoms with E-state index in [9.17, 15) is 14.7 Å². The summed E-state index contributed by atoms with van der Waals surface area (Å²) in [7, 11) is 0. The molecule has 6 heteroatoms. The van der Waals surface area contributed by atoms with E-state index in [0.717, 1.165) is 11.3 Å².